The van der Waals surface area contributed by atoms with Crippen LogP contribution in [0.5, 0.6) is 0 Å². The van der Waals surface area contributed by atoms with Crippen molar-refractivity contribution < 1.29 is 9.53 Å². The molecule has 0 fully saturated rings. The summed E-state index contributed by atoms with van der Waals surface area (Å²) in [7, 11) is 0. The number of hydrogen-bond donors (Lipinski definition) is 0. The summed E-state index contributed by atoms with van der Waals surface area (Å²) in [5.74, 6) is -0.298. The van der Waals surface area contributed by atoms with Crippen LogP contribution < -0.4 is 0 Å². The Morgan fingerprint density at radius 1 is 1.41 bits per heavy atom. The van der Waals surface area contributed by atoms with Crippen LogP contribution in [0.2, 0.25) is 0 Å². The molecule has 4 heteroatoms. The number of para-hydroxylation sites is 1. The van der Waals surface area contributed by atoms with E-state index in [4.69, 9.17) is 4.74 Å². The lowest BCUT2D eigenvalue weighted by Crippen LogP contribution is -2.07. The summed E-state index contributed by atoms with van der Waals surface area (Å²) in [4.78, 5) is 16.3. The molecule has 88 valence electrons. The van der Waals surface area contributed by atoms with Crippen LogP contribution in [0.15, 0.2) is 30.3 Å². The topological polar surface area (TPSA) is 39.2 Å². The van der Waals surface area contributed by atoms with Crippen molar-refractivity contribution in [1.29, 1.82) is 0 Å². The molecule has 1 aromatic carbocycles. The second-order valence-corrected chi connectivity index (χ2v) is 4.09. The van der Waals surface area contributed by atoms with Gasteiger partial charge in [-0.3, -0.25) is 4.98 Å². The first kappa shape index (κ1) is 12.0. The molecule has 0 N–H and O–H groups in total. The first-order valence-electron chi connectivity index (χ1n) is 5.38. The number of aromatic nitrogens is 1. The smallest absolute Gasteiger partial charge is 0.338 e. The van der Waals surface area contributed by atoms with E-state index in [2.05, 4.69) is 20.9 Å². The predicted octanol–water partition coefficient (Wildman–Crippen LogP) is 3.31. The number of ether oxygens (including phenoxy) is 1. The molecule has 0 atom stereocenters. The Kier molecular flexibility index (Phi) is 3.74. The number of fused-ring (bicyclic) bond motifs is 1. The van der Waals surface area contributed by atoms with Gasteiger partial charge in [0, 0.05) is 10.7 Å². The van der Waals surface area contributed by atoms with Crippen LogP contribution in [0.4, 0.5) is 0 Å². The predicted molar refractivity (Wildman–Crippen MR) is 70.3 cm³/mol. The molecule has 0 amide bonds. The van der Waals surface area contributed by atoms with Crippen molar-refractivity contribution in [2.45, 2.75) is 12.3 Å². The Hall–Kier alpha value is -1.42. The quantitative estimate of drug-likeness (QED) is 0.644. The van der Waals surface area contributed by atoms with Crippen molar-refractivity contribution >= 4 is 32.8 Å². The fourth-order valence-electron chi connectivity index (χ4n) is 1.68. The van der Waals surface area contributed by atoms with Gasteiger partial charge in [0.1, 0.15) is 0 Å². The third-order valence-electron chi connectivity index (χ3n) is 2.40. The van der Waals surface area contributed by atoms with Crippen LogP contribution in [-0.2, 0) is 10.1 Å². The minimum atomic E-state index is -0.298. The van der Waals surface area contributed by atoms with E-state index in [1.54, 1.807) is 13.0 Å². The monoisotopic (exact) mass is 293 g/mol. The lowest BCUT2D eigenvalue weighted by molar-refractivity contribution is 0.0528. The highest BCUT2D eigenvalue weighted by atomic mass is 79.9. The Morgan fingerprint density at radius 3 is 2.88 bits per heavy atom. The molecule has 0 saturated carbocycles. The molecular weight excluding hydrogens is 282 g/mol. The van der Waals surface area contributed by atoms with Gasteiger partial charge in [0.05, 0.1) is 23.4 Å². The van der Waals surface area contributed by atoms with Crippen molar-refractivity contribution in [3.8, 4) is 0 Å². The standard InChI is InChI=1S/C13H12BrNO2/c1-2-17-13(16)11-7-9(8-14)15-12-6-4-3-5-10(11)12/h3-7H,2,8H2,1H3. The number of esters is 1. The number of pyridine rings is 1. The van der Waals surface area contributed by atoms with E-state index >= 15 is 0 Å². The normalized spacial score (nSPS) is 10.5. The molecule has 0 aliphatic heterocycles. The maximum atomic E-state index is 11.9. The molecule has 0 radical (unpaired) electrons. The number of halogens is 1. The Labute approximate surface area is 108 Å². The molecule has 0 unspecified atom stereocenters. The molecule has 1 heterocycles. The fraction of sp³-hybridized carbons (Fsp3) is 0.231. The molecule has 2 aromatic rings. The van der Waals surface area contributed by atoms with E-state index in [0.29, 0.717) is 17.5 Å². The number of nitrogens with zero attached hydrogens (tertiary/aromatic N) is 1. The first-order chi connectivity index (χ1) is 8.26. The Morgan fingerprint density at radius 2 is 2.18 bits per heavy atom. The fourth-order valence-corrected chi connectivity index (χ4v) is 1.96. The van der Waals surface area contributed by atoms with Gasteiger partial charge in [-0.05, 0) is 19.1 Å². The maximum absolute atomic E-state index is 11.9. The van der Waals surface area contributed by atoms with Crippen LogP contribution in [0, 0.1) is 0 Å². The highest BCUT2D eigenvalue weighted by Gasteiger charge is 2.13. The molecule has 0 spiro atoms. The van der Waals surface area contributed by atoms with Gasteiger partial charge in [-0.15, -0.1) is 0 Å². The summed E-state index contributed by atoms with van der Waals surface area (Å²) in [6.07, 6.45) is 0. The molecule has 0 aliphatic carbocycles. The van der Waals surface area contributed by atoms with Crippen LogP contribution in [-0.4, -0.2) is 17.6 Å². The van der Waals surface area contributed by atoms with Gasteiger partial charge in [0.25, 0.3) is 0 Å². The molecular formula is C13H12BrNO2. The van der Waals surface area contributed by atoms with E-state index in [1.807, 2.05) is 24.3 Å². The minimum Gasteiger partial charge on any atom is -0.462 e. The van der Waals surface area contributed by atoms with E-state index in [0.717, 1.165) is 16.6 Å². The second kappa shape index (κ2) is 5.27. The molecule has 0 bridgehead atoms. The van der Waals surface area contributed by atoms with Crippen molar-refractivity contribution in [3.05, 3.63) is 41.6 Å². The maximum Gasteiger partial charge on any atom is 0.338 e. The average Bonchev–Trinajstić information content (AvgIpc) is 2.37. The highest BCUT2D eigenvalue weighted by molar-refractivity contribution is 9.08. The van der Waals surface area contributed by atoms with Gasteiger partial charge < -0.3 is 4.74 Å². The third-order valence-corrected chi connectivity index (χ3v) is 2.98. The number of alkyl halides is 1. The van der Waals surface area contributed by atoms with Crippen molar-refractivity contribution in [2.75, 3.05) is 6.61 Å². The third kappa shape index (κ3) is 2.47. The highest BCUT2D eigenvalue weighted by Crippen LogP contribution is 2.20. The zero-order chi connectivity index (χ0) is 12.3. The number of carbonyl (C=O) groups excluding carboxylic acids is 1. The summed E-state index contributed by atoms with van der Waals surface area (Å²) in [6.45, 7) is 2.17. The van der Waals surface area contributed by atoms with Gasteiger partial charge >= 0.3 is 5.97 Å². The van der Waals surface area contributed by atoms with Crippen LogP contribution in [0.3, 0.4) is 0 Å². The van der Waals surface area contributed by atoms with E-state index in [9.17, 15) is 4.79 Å². The van der Waals surface area contributed by atoms with Gasteiger partial charge in [-0.2, -0.15) is 0 Å². The summed E-state index contributed by atoms with van der Waals surface area (Å²) >= 11 is 3.35. The van der Waals surface area contributed by atoms with Gasteiger partial charge in [0.15, 0.2) is 0 Å². The summed E-state index contributed by atoms with van der Waals surface area (Å²) in [6, 6.07) is 9.34. The van der Waals surface area contributed by atoms with Crippen LogP contribution in [0.25, 0.3) is 10.9 Å². The minimum absolute atomic E-state index is 0.298. The Balaban J connectivity index is 2.62. The Bertz CT molecular complexity index is 554. The van der Waals surface area contributed by atoms with Crippen LogP contribution in [0.1, 0.15) is 23.0 Å². The van der Waals surface area contributed by atoms with Crippen LogP contribution >= 0.6 is 15.9 Å². The van der Waals surface area contributed by atoms with E-state index in [-0.39, 0.29) is 5.97 Å². The molecule has 1 aromatic heterocycles. The molecule has 17 heavy (non-hydrogen) atoms. The largest absolute Gasteiger partial charge is 0.462 e. The van der Waals surface area contributed by atoms with E-state index in [1.165, 1.54) is 0 Å². The SMILES string of the molecule is CCOC(=O)c1cc(CBr)nc2ccccc12. The zero-order valence-electron chi connectivity index (χ0n) is 9.44. The molecule has 3 nitrogen and oxygen atoms in total. The van der Waals surface area contributed by atoms with Gasteiger partial charge in [-0.1, -0.05) is 34.1 Å². The first-order valence-corrected chi connectivity index (χ1v) is 6.50. The number of carbonyl (C=O) groups is 1. The zero-order valence-corrected chi connectivity index (χ0v) is 11.0. The molecule has 2 rings (SSSR count). The van der Waals surface area contributed by atoms with Crippen molar-refractivity contribution in [2.24, 2.45) is 0 Å². The van der Waals surface area contributed by atoms with Gasteiger partial charge in [0.2, 0.25) is 0 Å². The number of rotatable bonds is 3. The van der Waals surface area contributed by atoms with Crippen molar-refractivity contribution in [3.63, 3.8) is 0 Å². The molecule has 0 saturated heterocycles. The lowest BCUT2D eigenvalue weighted by atomic mass is 10.1. The second-order valence-electron chi connectivity index (χ2n) is 3.53. The lowest BCUT2D eigenvalue weighted by Gasteiger charge is -2.07. The van der Waals surface area contributed by atoms with E-state index < -0.39 is 0 Å². The summed E-state index contributed by atoms with van der Waals surface area (Å²) < 4.78 is 5.05. The average molecular weight is 294 g/mol. The number of benzene rings is 1. The summed E-state index contributed by atoms with van der Waals surface area (Å²) in [5.41, 5.74) is 2.21. The molecule has 0 aliphatic rings. The van der Waals surface area contributed by atoms with Gasteiger partial charge in [-0.25, -0.2) is 4.79 Å². The van der Waals surface area contributed by atoms with Crippen molar-refractivity contribution in [1.82, 2.24) is 4.98 Å². The summed E-state index contributed by atoms with van der Waals surface area (Å²) in [5, 5.41) is 1.44. The number of hydrogen-bond acceptors (Lipinski definition) is 3.